The molecule has 0 saturated heterocycles. The summed E-state index contributed by atoms with van der Waals surface area (Å²) in [6.07, 6.45) is 0. The summed E-state index contributed by atoms with van der Waals surface area (Å²) in [7, 11) is 0. The second-order valence-electron chi connectivity index (χ2n) is 5.18. The molecule has 13 nitrogen and oxygen atoms in total. The van der Waals surface area contributed by atoms with Gasteiger partial charge in [0.25, 0.3) is 0 Å². The van der Waals surface area contributed by atoms with Crippen LogP contribution in [0, 0.1) is 35.5 Å². The average molecular weight is 403 g/mol. The van der Waals surface area contributed by atoms with E-state index in [0.29, 0.717) is 0 Å². The Kier molecular flexibility index (Phi) is 8.72. The molecule has 1 rings (SSSR count). The maximum Gasteiger partial charge on any atom is 0.308 e. The molecule has 8 N–H and O–H groups in total. The minimum atomic E-state index is -2.43. The molecule has 0 radical (unpaired) electrons. The van der Waals surface area contributed by atoms with Gasteiger partial charge >= 0.3 is 35.8 Å². The maximum atomic E-state index is 11.3. The van der Waals surface area contributed by atoms with Crippen LogP contribution in [-0.4, -0.2) is 71.9 Å². The smallest absolute Gasteiger partial charge is 0.308 e. The fraction of sp³-hybridized carbons (Fsp3) is 0.500. The van der Waals surface area contributed by atoms with Crippen molar-refractivity contribution in [3.8, 4) is 0 Å². The van der Waals surface area contributed by atoms with Crippen molar-refractivity contribution >= 4 is 48.2 Å². The Bertz CT molecular complexity index is 477. The second kappa shape index (κ2) is 8.96. The van der Waals surface area contributed by atoms with Gasteiger partial charge in [0, 0.05) is 0 Å². The number of hydrogen-bond acceptors (Lipinski definition) is 6. The zero-order chi connectivity index (χ0) is 18.9. The van der Waals surface area contributed by atoms with E-state index in [4.69, 9.17) is 30.6 Å². The van der Waals surface area contributed by atoms with Crippen LogP contribution in [0.4, 0.5) is 0 Å². The van der Waals surface area contributed by atoms with E-state index < -0.39 is 71.3 Å². The molecule has 0 aromatic rings. The van der Waals surface area contributed by atoms with Gasteiger partial charge in [-0.1, -0.05) is 0 Å². The minimum Gasteiger partial charge on any atom is -0.481 e. The molecule has 0 amide bonds. The topological polar surface area (TPSA) is 255 Å². The number of rotatable bonds is 6. The lowest BCUT2D eigenvalue weighted by atomic mass is 9.56. The third-order valence-electron chi connectivity index (χ3n) is 4.03. The Morgan fingerprint density at radius 3 is 0.500 bits per heavy atom. The molecule has 0 spiro atoms. The quantitative estimate of drug-likeness (QED) is 0.276. The zero-order valence-corrected chi connectivity index (χ0v) is 13.3. The number of carboxylic acid groups (broad SMARTS) is 6. The van der Waals surface area contributed by atoms with Gasteiger partial charge in [-0.05, 0) is 0 Å². The molecule has 14 heteroatoms. The zero-order valence-electron chi connectivity index (χ0n) is 12.5. The molecule has 0 unspecified atom stereocenters. The van der Waals surface area contributed by atoms with Gasteiger partial charge in [0.2, 0.25) is 0 Å². The van der Waals surface area contributed by atoms with Crippen LogP contribution in [-0.2, 0) is 28.8 Å². The molecule has 0 aliphatic heterocycles. The Hall–Kier alpha value is -2.93. The fourth-order valence-corrected chi connectivity index (χ4v) is 3.18. The first-order valence-corrected chi connectivity index (χ1v) is 6.30. The Labute approximate surface area is 149 Å². The van der Waals surface area contributed by atoms with Crippen LogP contribution >= 0.6 is 12.4 Å². The fourth-order valence-electron chi connectivity index (χ4n) is 3.18. The molecule has 0 heterocycles. The Balaban J connectivity index is 0. The highest BCUT2D eigenvalue weighted by Crippen LogP contribution is 2.47. The standard InChI is InChI=1S/C12H12O12.ClH.H2O/c13-7(14)1-2(8(15)16)4(10(19)20)6(12(23)24)5(11(21)22)3(1)9(17)18;;/h1-6H,(H,13,14)(H,15,16)(H,17,18)(H,19,20)(H,21,22)(H,23,24);1H;1H2. The molecule has 1 saturated carbocycles. The van der Waals surface area contributed by atoms with E-state index in [9.17, 15) is 28.8 Å². The van der Waals surface area contributed by atoms with Gasteiger partial charge in [-0.15, -0.1) is 12.4 Å². The second-order valence-corrected chi connectivity index (χ2v) is 5.18. The lowest BCUT2D eigenvalue weighted by Gasteiger charge is -2.42. The molecular weight excluding hydrogens is 388 g/mol. The summed E-state index contributed by atoms with van der Waals surface area (Å²) in [5, 5.41) is 54.8. The van der Waals surface area contributed by atoms with E-state index in [0.717, 1.165) is 0 Å². The SMILES string of the molecule is Cl.O.O=C(O)C1C(C(=O)O)C(C(=O)O)C(C(=O)O)C(C(=O)O)C1C(=O)O. The monoisotopic (exact) mass is 402 g/mol. The van der Waals surface area contributed by atoms with Crippen molar-refractivity contribution in [1.29, 1.82) is 0 Å². The first-order chi connectivity index (χ1) is 10.9. The summed E-state index contributed by atoms with van der Waals surface area (Å²) in [6, 6.07) is 0. The Morgan fingerprint density at radius 2 is 0.462 bits per heavy atom. The van der Waals surface area contributed by atoms with E-state index in [1.54, 1.807) is 0 Å². The molecule has 1 aliphatic carbocycles. The van der Waals surface area contributed by atoms with Crippen molar-refractivity contribution in [2.45, 2.75) is 0 Å². The van der Waals surface area contributed by atoms with E-state index in [1.807, 2.05) is 0 Å². The summed E-state index contributed by atoms with van der Waals surface area (Å²) in [6.45, 7) is 0. The van der Waals surface area contributed by atoms with Crippen LogP contribution in [0.2, 0.25) is 0 Å². The van der Waals surface area contributed by atoms with Gasteiger partial charge in [-0.2, -0.15) is 0 Å². The van der Waals surface area contributed by atoms with E-state index in [2.05, 4.69) is 0 Å². The summed E-state index contributed by atoms with van der Waals surface area (Å²) in [4.78, 5) is 68.0. The van der Waals surface area contributed by atoms with Crippen LogP contribution in [0.3, 0.4) is 0 Å². The average Bonchev–Trinajstić information content (AvgIpc) is 2.42. The number of halogens is 1. The molecular formula is C12H15ClO13. The van der Waals surface area contributed by atoms with Crippen molar-refractivity contribution in [2.75, 3.05) is 0 Å². The third-order valence-corrected chi connectivity index (χ3v) is 4.03. The molecule has 0 bridgehead atoms. The van der Waals surface area contributed by atoms with Gasteiger partial charge in [0.1, 0.15) is 0 Å². The summed E-state index contributed by atoms with van der Waals surface area (Å²) in [5.41, 5.74) is 0. The number of hydrogen-bond donors (Lipinski definition) is 6. The predicted octanol–water partition coefficient (Wildman–Crippen LogP) is -2.20. The lowest BCUT2D eigenvalue weighted by molar-refractivity contribution is -0.191. The van der Waals surface area contributed by atoms with Crippen LogP contribution in [0.1, 0.15) is 0 Å². The van der Waals surface area contributed by atoms with Crippen LogP contribution < -0.4 is 0 Å². The lowest BCUT2D eigenvalue weighted by Crippen LogP contribution is -2.59. The molecule has 0 aromatic carbocycles. The first-order valence-electron chi connectivity index (χ1n) is 6.30. The Morgan fingerprint density at radius 1 is 0.385 bits per heavy atom. The van der Waals surface area contributed by atoms with Gasteiger partial charge in [0.05, 0.1) is 35.5 Å². The van der Waals surface area contributed by atoms with Crippen LogP contribution in [0.25, 0.3) is 0 Å². The predicted molar refractivity (Wildman–Crippen MR) is 77.6 cm³/mol. The van der Waals surface area contributed by atoms with E-state index >= 15 is 0 Å². The van der Waals surface area contributed by atoms with Gasteiger partial charge in [-0.3, -0.25) is 28.8 Å². The largest absolute Gasteiger partial charge is 0.481 e. The third kappa shape index (κ3) is 4.18. The van der Waals surface area contributed by atoms with Crippen LogP contribution in [0.5, 0.6) is 0 Å². The molecule has 26 heavy (non-hydrogen) atoms. The highest BCUT2D eigenvalue weighted by molar-refractivity contribution is 5.96. The van der Waals surface area contributed by atoms with E-state index in [-0.39, 0.29) is 17.9 Å². The molecule has 1 fully saturated rings. The highest BCUT2D eigenvalue weighted by Gasteiger charge is 2.64. The van der Waals surface area contributed by atoms with Gasteiger partial charge in [-0.25, -0.2) is 0 Å². The minimum absolute atomic E-state index is 0. The van der Waals surface area contributed by atoms with Crippen LogP contribution in [0.15, 0.2) is 0 Å². The molecule has 1 aliphatic rings. The normalized spacial score (nSPS) is 30.0. The number of carbonyl (C=O) groups is 6. The van der Waals surface area contributed by atoms with Gasteiger partial charge in [0.15, 0.2) is 0 Å². The molecule has 148 valence electrons. The first kappa shape index (κ1) is 25.3. The number of carboxylic acids is 6. The van der Waals surface area contributed by atoms with E-state index in [1.165, 1.54) is 0 Å². The van der Waals surface area contributed by atoms with Gasteiger partial charge < -0.3 is 36.1 Å². The molecule has 0 atom stereocenters. The number of aliphatic carboxylic acids is 6. The summed E-state index contributed by atoms with van der Waals surface area (Å²) in [5.74, 6) is -26.9. The highest BCUT2D eigenvalue weighted by atomic mass is 35.5. The van der Waals surface area contributed by atoms with Crippen molar-refractivity contribution < 1.29 is 64.9 Å². The maximum absolute atomic E-state index is 11.3. The summed E-state index contributed by atoms with van der Waals surface area (Å²) < 4.78 is 0. The molecule has 0 aromatic heterocycles. The van der Waals surface area contributed by atoms with Crippen molar-refractivity contribution in [3.63, 3.8) is 0 Å². The van der Waals surface area contributed by atoms with Crippen molar-refractivity contribution in [2.24, 2.45) is 35.5 Å². The summed E-state index contributed by atoms with van der Waals surface area (Å²) >= 11 is 0. The van der Waals surface area contributed by atoms with Crippen molar-refractivity contribution in [3.05, 3.63) is 0 Å². The van der Waals surface area contributed by atoms with Crippen molar-refractivity contribution in [1.82, 2.24) is 0 Å².